The molecule has 92 valence electrons. The van der Waals surface area contributed by atoms with E-state index in [4.69, 9.17) is 10.4 Å². The molecule has 0 aliphatic heterocycles. The Hall–Kier alpha value is -1.64. The van der Waals surface area contributed by atoms with Crippen molar-refractivity contribution < 1.29 is 10.2 Å². The van der Waals surface area contributed by atoms with Gasteiger partial charge in [0.25, 0.3) is 0 Å². The van der Waals surface area contributed by atoms with E-state index in [1.165, 1.54) is 0 Å². The number of nitrogens with zero attached hydrogens (tertiary/aromatic N) is 2. The smallest absolute Gasteiger partial charge is 0.144 e. The molecule has 1 aromatic heterocycles. The zero-order valence-electron chi connectivity index (χ0n) is 10.1. The van der Waals surface area contributed by atoms with Crippen LogP contribution in [0, 0.1) is 25.2 Å². The lowest BCUT2D eigenvalue weighted by molar-refractivity contribution is 0.0911. The molecule has 0 aliphatic carbocycles. The second kappa shape index (κ2) is 6.18. The summed E-state index contributed by atoms with van der Waals surface area (Å²) >= 11 is 0. The van der Waals surface area contributed by atoms with Gasteiger partial charge in [-0.3, -0.25) is 0 Å². The molecule has 5 nitrogen and oxygen atoms in total. The van der Waals surface area contributed by atoms with Gasteiger partial charge in [-0.1, -0.05) is 0 Å². The van der Waals surface area contributed by atoms with E-state index in [-0.39, 0.29) is 6.61 Å². The van der Waals surface area contributed by atoms with Gasteiger partial charge in [0.15, 0.2) is 0 Å². The van der Waals surface area contributed by atoms with Crippen LogP contribution in [0.4, 0.5) is 5.82 Å². The number of pyridine rings is 1. The van der Waals surface area contributed by atoms with Gasteiger partial charge in [0.05, 0.1) is 18.3 Å². The maximum absolute atomic E-state index is 9.19. The third-order valence-corrected chi connectivity index (χ3v) is 2.57. The Balaban J connectivity index is 2.71. The summed E-state index contributed by atoms with van der Waals surface area (Å²) in [7, 11) is 0. The molecule has 17 heavy (non-hydrogen) atoms. The van der Waals surface area contributed by atoms with Crippen LogP contribution in [-0.2, 0) is 0 Å². The third-order valence-electron chi connectivity index (χ3n) is 2.57. The highest BCUT2D eigenvalue weighted by atomic mass is 16.3. The summed E-state index contributed by atoms with van der Waals surface area (Å²) < 4.78 is 0. The number of aliphatic hydroxyl groups is 2. The Morgan fingerprint density at radius 1 is 1.53 bits per heavy atom. The molecule has 0 radical (unpaired) electrons. The van der Waals surface area contributed by atoms with Crippen LogP contribution in [0.25, 0.3) is 0 Å². The lowest BCUT2D eigenvalue weighted by Gasteiger charge is -2.11. The average molecular weight is 235 g/mol. The Labute approximate surface area is 101 Å². The van der Waals surface area contributed by atoms with Crippen molar-refractivity contribution in [3.63, 3.8) is 0 Å². The van der Waals surface area contributed by atoms with Crippen LogP contribution in [0.15, 0.2) is 6.07 Å². The van der Waals surface area contributed by atoms with E-state index in [9.17, 15) is 5.11 Å². The number of aryl methyl sites for hydroxylation is 2. The Morgan fingerprint density at radius 2 is 2.24 bits per heavy atom. The molecule has 0 amide bonds. The molecule has 0 saturated carbocycles. The number of rotatable bonds is 5. The Bertz CT molecular complexity index is 426. The molecule has 1 rings (SSSR count). The van der Waals surface area contributed by atoms with Crippen molar-refractivity contribution in [1.29, 1.82) is 5.26 Å². The fourth-order valence-corrected chi connectivity index (χ4v) is 1.37. The van der Waals surface area contributed by atoms with Crippen LogP contribution in [-0.4, -0.2) is 34.5 Å². The number of aliphatic hydroxyl groups excluding tert-OH is 2. The summed E-state index contributed by atoms with van der Waals surface area (Å²) in [6.07, 6.45) is -0.324. The molecule has 1 heterocycles. The summed E-state index contributed by atoms with van der Waals surface area (Å²) in [5.41, 5.74) is 2.34. The van der Waals surface area contributed by atoms with Crippen LogP contribution in [0.5, 0.6) is 0 Å². The summed E-state index contributed by atoms with van der Waals surface area (Å²) in [6, 6.07) is 3.86. The van der Waals surface area contributed by atoms with Gasteiger partial charge in [-0.2, -0.15) is 5.26 Å². The molecule has 0 unspecified atom stereocenters. The van der Waals surface area contributed by atoms with Crippen LogP contribution in [0.3, 0.4) is 0 Å². The molecule has 0 spiro atoms. The summed E-state index contributed by atoms with van der Waals surface area (Å²) in [6.45, 7) is 3.99. The molecule has 0 aromatic carbocycles. The van der Waals surface area contributed by atoms with E-state index in [1.54, 1.807) is 6.07 Å². The highest BCUT2D eigenvalue weighted by Crippen LogP contribution is 2.16. The predicted octanol–water partition coefficient (Wildman–Crippen LogP) is 0.725. The first-order chi connectivity index (χ1) is 8.08. The molecular formula is C12H17N3O2. The molecule has 3 N–H and O–H groups in total. The minimum atomic E-state index is -0.736. The number of hydrogen-bond donors (Lipinski definition) is 3. The van der Waals surface area contributed by atoms with Crippen molar-refractivity contribution in [1.82, 2.24) is 4.98 Å². The lowest BCUT2D eigenvalue weighted by atomic mass is 10.1. The topological polar surface area (TPSA) is 89.2 Å². The maximum Gasteiger partial charge on any atom is 0.144 e. The van der Waals surface area contributed by atoms with Crippen molar-refractivity contribution in [2.24, 2.45) is 0 Å². The highest BCUT2D eigenvalue weighted by Gasteiger charge is 2.07. The van der Waals surface area contributed by atoms with Crippen molar-refractivity contribution >= 4 is 5.82 Å². The number of hydrogen-bond acceptors (Lipinski definition) is 5. The van der Waals surface area contributed by atoms with Gasteiger partial charge in [0.1, 0.15) is 11.9 Å². The molecule has 1 atom stereocenters. The van der Waals surface area contributed by atoms with E-state index < -0.39 is 6.10 Å². The van der Waals surface area contributed by atoms with E-state index in [0.717, 1.165) is 11.3 Å². The van der Waals surface area contributed by atoms with Gasteiger partial charge >= 0.3 is 0 Å². The first-order valence-corrected chi connectivity index (χ1v) is 5.49. The number of anilines is 1. The second-order valence-electron chi connectivity index (χ2n) is 3.95. The number of nitriles is 1. The van der Waals surface area contributed by atoms with Crippen LogP contribution < -0.4 is 5.32 Å². The van der Waals surface area contributed by atoms with Crippen molar-refractivity contribution in [3.8, 4) is 6.07 Å². The van der Waals surface area contributed by atoms with Crippen molar-refractivity contribution in [2.45, 2.75) is 26.4 Å². The Kier molecular flexibility index (Phi) is 4.88. The molecule has 0 fully saturated rings. The minimum absolute atomic E-state index is 0.257. The van der Waals surface area contributed by atoms with Crippen LogP contribution in [0.2, 0.25) is 0 Å². The molecule has 5 heteroatoms. The largest absolute Gasteiger partial charge is 0.394 e. The molecule has 0 aliphatic rings. The van der Waals surface area contributed by atoms with Gasteiger partial charge in [-0.05, 0) is 31.9 Å². The fraction of sp³-hybridized carbons (Fsp3) is 0.500. The predicted molar refractivity (Wildman–Crippen MR) is 64.6 cm³/mol. The quantitative estimate of drug-likeness (QED) is 0.700. The van der Waals surface area contributed by atoms with Gasteiger partial charge in [-0.15, -0.1) is 0 Å². The van der Waals surface area contributed by atoms with Gasteiger partial charge < -0.3 is 15.5 Å². The van der Waals surface area contributed by atoms with Crippen LogP contribution >= 0.6 is 0 Å². The zero-order valence-corrected chi connectivity index (χ0v) is 10.1. The van der Waals surface area contributed by atoms with Crippen LogP contribution in [0.1, 0.15) is 23.2 Å². The first-order valence-electron chi connectivity index (χ1n) is 5.49. The second-order valence-corrected chi connectivity index (χ2v) is 3.95. The van der Waals surface area contributed by atoms with Gasteiger partial charge in [0, 0.05) is 12.2 Å². The third kappa shape index (κ3) is 3.70. The van der Waals surface area contributed by atoms with Gasteiger partial charge in [-0.25, -0.2) is 4.98 Å². The maximum atomic E-state index is 9.19. The highest BCUT2D eigenvalue weighted by molar-refractivity contribution is 5.53. The van der Waals surface area contributed by atoms with Crippen molar-refractivity contribution in [3.05, 3.63) is 22.9 Å². The van der Waals surface area contributed by atoms with E-state index in [2.05, 4.69) is 16.4 Å². The molecule has 1 aromatic rings. The van der Waals surface area contributed by atoms with E-state index >= 15 is 0 Å². The van der Waals surface area contributed by atoms with E-state index in [1.807, 2.05) is 13.8 Å². The van der Waals surface area contributed by atoms with Crippen molar-refractivity contribution in [2.75, 3.05) is 18.5 Å². The monoisotopic (exact) mass is 235 g/mol. The average Bonchev–Trinajstić information content (AvgIpc) is 2.32. The number of aromatic nitrogens is 1. The minimum Gasteiger partial charge on any atom is -0.394 e. The number of nitrogens with one attached hydrogen (secondary N) is 1. The molecule has 0 saturated heterocycles. The summed E-state index contributed by atoms with van der Waals surface area (Å²) in [4.78, 5) is 4.29. The zero-order chi connectivity index (χ0) is 12.8. The molecule has 0 bridgehead atoms. The fourth-order valence-electron chi connectivity index (χ4n) is 1.37. The standard InChI is InChI=1S/C12H17N3O2/c1-8-5-10(6-13)12(15-9(8)2)14-4-3-11(17)7-16/h5,11,16-17H,3-4,7H2,1-2H3,(H,14,15)/t11-/m1/s1. The summed E-state index contributed by atoms with van der Waals surface area (Å²) in [5.74, 6) is 0.528. The summed E-state index contributed by atoms with van der Waals surface area (Å²) in [5, 5.41) is 29.8. The normalized spacial score (nSPS) is 11.9. The molecular weight excluding hydrogens is 218 g/mol. The van der Waals surface area contributed by atoms with Gasteiger partial charge in [0.2, 0.25) is 0 Å². The lowest BCUT2D eigenvalue weighted by Crippen LogP contribution is -2.17. The SMILES string of the molecule is Cc1cc(C#N)c(NCC[C@@H](O)CO)nc1C. The van der Waals surface area contributed by atoms with E-state index in [0.29, 0.717) is 24.3 Å². The first kappa shape index (κ1) is 13.4. The Morgan fingerprint density at radius 3 is 2.82 bits per heavy atom.